The number of benzene rings is 1. The van der Waals surface area contributed by atoms with Crippen molar-refractivity contribution in [2.75, 3.05) is 7.11 Å². The third kappa shape index (κ3) is 1.89. The maximum Gasteiger partial charge on any atom is 0.163 e. The monoisotopic (exact) mass is 265 g/mol. The van der Waals surface area contributed by atoms with Crippen LogP contribution < -0.4 is 4.74 Å². The number of nitrogens with zero attached hydrogens (tertiary/aromatic N) is 1. The molecule has 2 aromatic rings. The number of hydrogen-bond acceptors (Lipinski definition) is 2. The quantitative estimate of drug-likeness (QED) is 0.785. The lowest BCUT2D eigenvalue weighted by atomic mass is 10.1. The van der Waals surface area contributed by atoms with Crippen molar-refractivity contribution in [1.29, 1.82) is 0 Å². The number of halogens is 1. The predicted octanol–water partition coefficient (Wildman–Crippen LogP) is 3.92. The number of methoxy groups -OCH3 is 1. The highest BCUT2D eigenvalue weighted by molar-refractivity contribution is 6.35. The van der Waals surface area contributed by atoms with Crippen LogP contribution in [0.2, 0.25) is 5.15 Å². The molecule has 0 saturated heterocycles. The van der Waals surface area contributed by atoms with Gasteiger partial charge in [-0.25, -0.2) is 0 Å². The third-order valence-electron chi connectivity index (χ3n) is 3.00. The van der Waals surface area contributed by atoms with E-state index in [0.29, 0.717) is 10.7 Å². The van der Waals surface area contributed by atoms with Gasteiger partial charge in [0.25, 0.3) is 0 Å². The molecule has 0 unspecified atom stereocenters. The summed E-state index contributed by atoms with van der Waals surface area (Å²) in [5.41, 5.74) is 1.48. The molecule has 1 heterocycles. The second-order valence-corrected chi connectivity index (χ2v) is 4.59. The van der Waals surface area contributed by atoms with E-state index in [-0.39, 0.29) is 5.78 Å². The first-order valence-corrected chi connectivity index (χ1v) is 6.35. The fourth-order valence-electron chi connectivity index (χ4n) is 2.28. The topological polar surface area (TPSA) is 31.2 Å². The zero-order valence-electron chi connectivity index (χ0n) is 10.8. The SMILES string of the molecule is CCCn1c(Cl)c(C(C)=O)c2cccc(OC)c21. The van der Waals surface area contributed by atoms with Gasteiger partial charge in [0, 0.05) is 11.9 Å². The van der Waals surface area contributed by atoms with E-state index in [1.807, 2.05) is 22.8 Å². The van der Waals surface area contributed by atoms with E-state index >= 15 is 0 Å². The van der Waals surface area contributed by atoms with Crippen LogP contribution in [0.4, 0.5) is 0 Å². The second-order valence-electron chi connectivity index (χ2n) is 4.23. The fraction of sp³-hybridized carbons (Fsp3) is 0.357. The van der Waals surface area contributed by atoms with Gasteiger partial charge in [-0.2, -0.15) is 0 Å². The van der Waals surface area contributed by atoms with Gasteiger partial charge in [-0.05, 0) is 19.4 Å². The Morgan fingerprint density at radius 2 is 2.17 bits per heavy atom. The van der Waals surface area contributed by atoms with Crippen LogP contribution in [0.1, 0.15) is 30.6 Å². The standard InChI is InChI=1S/C14H16ClNO2/c1-4-8-16-13-10(6-5-7-11(13)18-3)12(9(2)17)14(16)15/h5-7H,4,8H2,1-3H3. The van der Waals surface area contributed by atoms with E-state index in [2.05, 4.69) is 6.92 Å². The summed E-state index contributed by atoms with van der Waals surface area (Å²) in [4.78, 5) is 11.8. The zero-order valence-corrected chi connectivity index (χ0v) is 11.5. The number of ether oxygens (including phenoxy) is 1. The Bertz CT molecular complexity index is 601. The van der Waals surface area contributed by atoms with Crippen LogP contribution >= 0.6 is 11.6 Å². The summed E-state index contributed by atoms with van der Waals surface area (Å²) in [7, 11) is 1.62. The van der Waals surface area contributed by atoms with Crippen molar-refractivity contribution in [2.24, 2.45) is 0 Å². The molecule has 0 radical (unpaired) electrons. The number of ketones is 1. The third-order valence-corrected chi connectivity index (χ3v) is 3.39. The number of aromatic nitrogens is 1. The fourth-order valence-corrected chi connectivity index (χ4v) is 2.68. The molecule has 0 saturated carbocycles. The van der Waals surface area contributed by atoms with Crippen LogP contribution in [-0.4, -0.2) is 17.5 Å². The highest BCUT2D eigenvalue weighted by Gasteiger charge is 2.20. The first kappa shape index (κ1) is 13.0. The average Bonchev–Trinajstić information content (AvgIpc) is 2.63. The molecule has 0 aliphatic heterocycles. The number of para-hydroxylation sites is 1. The summed E-state index contributed by atoms with van der Waals surface area (Å²) in [5.74, 6) is 0.725. The van der Waals surface area contributed by atoms with Gasteiger partial charge >= 0.3 is 0 Å². The normalized spacial score (nSPS) is 10.9. The first-order chi connectivity index (χ1) is 8.61. The summed E-state index contributed by atoms with van der Waals surface area (Å²) in [6.07, 6.45) is 0.943. The molecule has 96 valence electrons. The summed E-state index contributed by atoms with van der Waals surface area (Å²) >= 11 is 6.34. The first-order valence-electron chi connectivity index (χ1n) is 5.97. The van der Waals surface area contributed by atoms with Crippen LogP contribution in [0.15, 0.2) is 18.2 Å². The number of hydrogen-bond donors (Lipinski definition) is 0. The number of rotatable bonds is 4. The average molecular weight is 266 g/mol. The molecule has 0 aliphatic rings. The lowest BCUT2D eigenvalue weighted by Crippen LogP contribution is -1.99. The van der Waals surface area contributed by atoms with Gasteiger partial charge in [0.2, 0.25) is 0 Å². The number of aryl methyl sites for hydroxylation is 1. The van der Waals surface area contributed by atoms with Crippen molar-refractivity contribution in [3.8, 4) is 5.75 Å². The lowest BCUT2D eigenvalue weighted by Gasteiger charge is -2.08. The summed E-state index contributed by atoms with van der Waals surface area (Å²) in [6, 6.07) is 5.67. The van der Waals surface area contributed by atoms with Crippen LogP contribution in [0.3, 0.4) is 0 Å². The largest absolute Gasteiger partial charge is 0.495 e. The second kappa shape index (κ2) is 5.02. The van der Waals surface area contributed by atoms with Crippen LogP contribution in [0.5, 0.6) is 5.75 Å². The van der Waals surface area contributed by atoms with Gasteiger partial charge in [-0.3, -0.25) is 4.79 Å². The molecule has 0 spiro atoms. The van der Waals surface area contributed by atoms with E-state index in [4.69, 9.17) is 16.3 Å². The Morgan fingerprint density at radius 3 is 2.72 bits per heavy atom. The molecular weight excluding hydrogens is 250 g/mol. The maximum absolute atomic E-state index is 11.8. The van der Waals surface area contributed by atoms with Gasteiger partial charge in [0.15, 0.2) is 5.78 Å². The number of carbonyl (C=O) groups is 1. The zero-order chi connectivity index (χ0) is 13.3. The van der Waals surface area contributed by atoms with Crippen molar-refractivity contribution in [3.05, 3.63) is 28.9 Å². The van der Waals surface area contributed by atoms with Crippen molar-refractivity contribution in [2.45, 2.75) is 26.8 Å². The Kier molecular flexibility index (Phi) is 3.62. The summed E-state index contributed by atoms with van der Waals surface area (Å²) < 4.78 is 7.32. The minimum atomic E-state index is -0.0203. The Balaban J connectivity index is 2.87. The van der Waals surface area contributed by atoms with Crippen molar-refractivity contribution < 1.29 is 9.53 Å². The predicted molar refractivity (Wildman–Crippen MR) is 73.8 cm³/mol. The van der Waals surface area contributed by atoms with Crippen molar-refractivity contribution in [3.63, 3.8) is 0 Å². The molecule has 0 fully saturated rings. The van der Waals surface area contributed by atoms with Crippen molar-refractivity contribution >= 4 is 28.3 Å². The molecular formula is C14H16ClNO2. The minimum Gasteiger partial charge on any atom is -0.495 e. The molecule has 0 bridgehead atoms. The number of Topliss-reactive ketones (excluding diaryl/α,β-unsaturated/α-hetero) is 1. The molecule has 0 amide bonds. The van der Waals surface area contributed by atoms with Crippen molar-refractivity contribution in [1.82, 2.24) is 4.57 Å². The Morgan fingerprint density at radius 1 is 1.44 bits per heavy atom. The minimum absolute atomic E-state index is 0.0203. The van der Waals surface area contributed by atoms with Gasteiger partial charge < -0.3 is 9.30 Å². The van der Waals surface area contributed by atoms with Crippen LogP contribution in [0.25, 0.3) is 10.9 Å². The Hall–Kier alpha value is -1.48. The molecule has 18 heavy (non-hydrogen) atoms. The molecule has 1 aromatic heterocycles. The molecule has 2 rings (SSSR count). The lowest BCUT2D eigenvalue weighted by molar-refractivity contribution is 0.101. The van der Waals surface area contributed by atoms with Gasteiger partial charge in [0.05, 0.1) is 18.2 Å². The molecule has 0 atom stereocenters. The van der Waals surface area contributed by atoms with Crippen LogP contribution in [0, 0.1) is 0 Å². The summed E-state index contributed by atoms with van der Waals surface area (Å²) in [6.45, 7) is 4.38. The molecule has 0 N–H and O–H groups in total. The van der Waals surface area contributed by atoms with E-state index in [1.165, 1.54) is 6.92 Å². The van der Waals surface area contributed by atoms with E-state index in [1.54, 1.807) is 7.11 Å². The Labute approximate surface area is 111 Å². The smallest absolute Gasteiger partial charge is 0.163 e. The van der Waals surface area contributed by atoms with E-state index in [9.17, 15) is 4.79 Å². The number of carbonyl (C=O) groups excluding carboxylic acids is 1. The number of fused-ring (bicyclic) bond motifs is 1. The molecule has 0 aliphatic carbocycles. The highest BCUT2D eigenvalue weighted by atomic mass is 35.5. The molecule has 1 aromatic carbocycles. The highest BCUT2D eigenvalue weighted by Crippen LogP contribution is 2.36. The summed E-state index contributed by atoms with van der Waals surface area (Å²) in [5, 5.41) is 1.36. The molecule has 3 nitrogen and oxygen atoms in total. The van der Waals surface area contributed by atoms with Crippen LogP contribution in [-0.2, 0) is 6.54 Å². The molecule has 4 heteroatoms. The van der Waals surface area contributed by atoms with Gasteiger partial charge in [-0.15, -0.1) is 0 Å². The maximum atomic E-state index is 11.8. The van der Waals surface area contributed by atoms with Gasteiger partial charge in [-0.1, -0.05) is 30.7 Å². The van der Waals surface area contributed by atoms with Gasteiger partial charge in [0.1, 0.15) is 10.9 Å². The van der Waals surface area contributed by atoms with E-state index in [0.717, 1.165) is 29.6 Å². The van der Waals surface area contributed by atoms with E-state index < -0.39 is 0 Å².